The molecule has 2 N–H and O–H groups in total. The van der Waals surface area contributed by atoms with Crippen molar-refractivity contribution in [3.8, 4) is 6.07 Å². The maximum Gasteiger partial charge on any atom is 0.133 e. The van der Waals surface area contributed by atoms with Crippen molar-refractivity contribution >= 4 is 0 Å². The van der Waals surface area contributed by atoms with Crippen LogP contribution in [0.4, 0.5) is 8.78 Å². The molecule has 0 aromatic heterocycles. The Balaban J connectivity index is 3.19. The van der Waals surface area contributed by atoms with E-state index >= 15 is 0 Å². The van der Waals surface area contributed by atoms with Gasteiger partial charge in [0.25, 0.3) is 0 Å². The van der Waals surface area contributed by atoms with Gasteiger partial charge in [0, 0.05) is 11.6 Å². The summed E-state index contributed by atoms with van der Waals surface area (Å²) in [7, 11) is 0. The zero-order chi connectivity index (χ0) is 10.7. The smallest absolute Gasteiger partial charge is 0.133 e. The first-order valence-corrected chi connectivity index (χ1v) is 4.15. The third kappa shape index (κ3) is 1.88. The highest BCUT2D eigenvalue weighted by atomic mass is 19.1. The molecule has 2 nitrogen and oxygen atoms in total. The molecular weight excluding hydrogens is 186 g/mol. The topological polar surface area (TPSA) is 49.8 Å². The highest BCUT2D eigenvalue weighted by Crippen LogP contribution is 2.23. The van der Waals surface area contributed by atoms with Crippen LogP contribution in [0.3, 0.4) is 0 Å². The third-order valence-electron chi connectivity index (χ3n) is 2.00. The van der Waals surface area contributed by atoms with Crippen LogP contribution in [0.5, 0.6) is 0 Å². The molecule has 0 radical (unpaired) electrons. The van der Waals surface area contributed by atoms with E-state index in [4.69, 9.17) is 11.0 Å². The molecule has 0 aliphatic carbocycles. The van der Waals surface area contributed by atoms with E-state index in [9.17, 15) is 8.78 Å². The van der Waals surface area contributed by atoms with E-state index in [1.165, 1.54) is 13.0 Å². The lowest BCUT2D eigenvalue weighted by molar-refractivity contribution is 0.523. The zero-order valence-corrected chi connectivity index (χ0v) is 7.72. The van der Waals surface area contributed by atoms with Gasteiger partial charge < -0.3 is 5.73 Å². The molecule has 0 saturated carbocycles. The molecule has 1 unspecified atom stereocenters. The number of hydrogen-bond donors (Lipinski definition) is 1. The summed E-state index contributed by atoms with van der Waals surface area (Å²) in [5.41, 5.74) is 5.60. The number of rotatable bonds is 2. The monoisotopic (exact) mass is 196 g/mol. The fraction of sp³-hybridized carbons (Fsp3) is 0.300. The van der Waals surface area contributed by atoms with Crippen molar-refractivity contribution < 1.29 is 8.78 Å². The van der Waals surface area contributed by atoms with E-state index in [-0.39, 0.29) is 12.0 Å². The minimum atomic E-state index is -0.903. The Morgan fingerprint density at radius 3 is 2.71 bits per heavy atom. The van der Waals surface area contributed by atoms with Crippen LogP contribution in [0.1, 0.15) is 23.6 Å². The quantitative estimate of drug-likeness (QED) is 0.788. The lowest BCUT2D eigenvalue weighted by Crippen LogP contribution is -2.14. The van der Waals surface area contributed by atoms with E-state index in [0.717, 1.165) is 6.07 Å². The number of nitrogens with zero attached hydrogens (tertiary/aromatic N) is 1. The lowest BCUT2D eigenvalue weighted by atomic mass is 10.0. The second-order valence-corrected chi connectivity index (χ2v) is 3.06. The maximum absolute atomic E-state index is 13.4. The van der Waals surface area contributed by atoms with Gasteiger partial charge in [0.15, 0.2) is 0 Å². The van der Waals surface area contributed by atoms with Gasteiger partial charge in [-0.15, -0.1) is 0 Å². The number of aryl methyl sites for hydroxylation is 1. The van der Waals surface area contributed by atoms with Crippen molar-refractivity contribution in [2.75, 3.05) is 0 Å². The minimum absolute atomic E-state index is 0.0999. The Labute approximate surface area is 81.0 Å². The molecule has 4 heteroatoms. The second kappa shape index (κ2) is 4.16. The van der Waals surface area contributed by atoms with Gasteiger partial charge in [0.05, 0.1) is 12.5 Å². The van der Waals surface area contributed by atoms with Crippen molar-refractivity contribution in [3.05, 3.63) is 34.9 Å². The average Bonchev–Trinajstić information content (AvgIpc) is 2.13. The van der Waals surface area contributed by atoms with Crippen LogP contribution in [-0.4, -0.2) is 0 Å². The predicted octanol–water partition coefficient (Wildman–Crippen LogP) is 2.19. The lowest BCUT2D eigenvalue weighted by Gasteiger charge is -2.11. The van der Waals surface area contributed by atoms with Gasteiger partial charge in [-0.2, -0.15) is 5.26 Å². The van der Waals surface area contributed by atoms with Crippen LogP contribution in [0.2, 0.25) is 0 Å². The summed E-state index contributed by atoms with van der Waals surface area (Å²) in [5.74, 6) is -1.36. The molecular formula is C10H10F2N2. The largest absolute Gasteiger partial charge is 0.323 e. The standard InChI is InChI=1S/C10H10F2N2/c1-6-2-3-7(11)9(10(6)12)8(14)4-5-13/h2-3,8H,4,14H2,1H3. The van der Waals surface area contributed by atoms with Gasteiger partial charge in [0.1, 0.15) is 11.6 Å². The predicted molar refractivity (Wildman–Crippen MR) is 48.3 cm³/mol. The molecule has 0 amide bonds. The average molecular weight is 196 g/mol. The zero-order valence-electron chi connectivity index (χ0n) is 7.72. The highest BCUT2D eigenvalue weighted by Gasteiger charge is 2.17. The Bertz CT molecular complexity index is 382. The molecule has 0 heterocycles. The molecule has 1 aromatic rings. The molecule has 74 valence electrons. The van der Waals surface area contributed by atoms with Crippen LogP contribution in [0.25, 0.3) is 0 Å². The Kier molecular flexibility index (Phi) is 3.15. The highest BCUT2D eigenvalue weighted by molar-refractivity contribution is 5.29. The van der Waals surface area contributed by atoms with Crippen LogP contribution >= 0.6 is 0 Å². The molecule has 0 aliphatic heterocycles. The Morgan fingerprint density at radius 2 is 2.14 bits per heavy atom. The normalized spacial score (nSPS) is 12.2. The molecule has 0 bridgehead atoms. The van der Waals surface area contributed by atoms with Crippen LogP contribution < -0.4 is 5.73 Å². The molecule has 0 fully saturated rings. The molecule has 0 spiro atoms. The van der Waals surface area contributed by atoms with E-state index in [1.54, 1.807) is 6.07 Å². The number of nitriles is 1. The number of nitrogens with two attached hydrogens (primary N) is 1. The number of benzene rings is 1. The van der Waals surface area contributed by atoms with Crippen LogP contribution in [0.15, 0.2) is 12.1 Å². The minimum Gasteiger partial charge on any atom is -0.323 e. The van der Waals surface area contributed by atoms with E-state index in [1.807, 2.05) is 0 Å². The first-order chi connectivity index (χ1) is 6.57. The summed E-state index contributed by atoms with van der Waals surface area (Å²) in [6, 6.07) is 3.38. The van der Waals surface area contributed by atoms with Gasteiger partial charge in [-0.05, 0) is 18.6 Å². The van der Waals surface area contributed by atoms with Gasteiger partial charge in [-0.3, -0.25) is 0 Å². The van der Waals surface area contributed by atoms with Gasteiger partial charge in [0.2, 0.25) is 0 Å². The molecule has 0 saturated heterocycles. The van der Waals surface area contributed by atoms with Crippen LogP contribution in [-0.2, 0) is 0 Å². The van der Waals surface area contributed by atoms with Gasteiger partial charge in [-0.25, -0.2) is 8.78 Å². The van der Waals surface area contributed by atoms with Crippen molar-refractivity contribution in [2.45, 2.75) is 19.4 Å². The third-order valence-corrected chi connectivity index (χ3v) is 2.00. The maximum atomic E-state index is 13.4. The first-order valence-electron chi connectivity index (χ1n) is 4.15. The molecule has 0 aliphatic rings. The SMILES string of the molecule is Cc1ccc(F)c(C(N)CC#N)c1F. The summed E-state index contributed by atoms with van der Waals surface area (Å²) in [6.07, 6.45) is -0.0999. The molecule has 1 rings (SSSR count). The van der Waals surface area contributed by atoms with E-state index in [2.05, 4.69) is 0 Å². The first kappa shape index (κ1) is 10.6. The summed E-state index contributed by atoms with van der Waals surface area (Å²) < 4.78 is 26.6. The van der Waals surface area contributed by atoms with Gasteiger partial charge in [-0.1, -0.05) is 6.07 Å². The molecule has 1 atom stereocenters. The summed E-state index contributed by atoms with van der Waals surface area (Å²) in [4.78, 5) is 0. The van der Waals surface area contributed by atoms with Crippen molar-refractivity contribution in [3.63, 3.8) is 0 Å². The molecule has 1 aromatic carbocycles. The van der Waals surface area contributed by atoms with Crippen molar-refractivity contribution in [1.29, 1.82) is 5.26 Å². The summed E-state index contributed by atoms with van der Waals surface area (Å²) in [5, 5.41) is 8.37. The fourth-order valence-electron chi connectivity index (χ4n) is 1.22. The van der Waals surface area contributed by atoms with Crippen molar-refractivity contribution in [1.82, 2.24) is 0 Å². The van der Waals surface area contributed by atoms with E-state index in [0.29, 0.717) is 5.56 Å². The van der Waals surface area contributed by atoms with Crippen LogP contribution in [0, 0.1) is 29.9 Å². The number of hydrogen-bond acceptors (Lipinski definition) is 2. The van der Waals surface area contributed by atoms with Crippen molar-refractivity contribution in [2.24, 2.45) is 5.73 Å². The summed E-state index contributed by atoms with van der Waals surface area (Å²) >= 11 is 0. The molecule has 14 heavy (non-hydrogen) atoms. The summed E-state index contributed by atoms with van der Waals surface area (Å²) in [6.45, 7) is 1.53. The second-order valence-electron chi connectivity index (χ2n) is 3.06. The number of halogens is 2. The van der Waals surface area contributed by atoms with E-state index < -0.39 is 17.7 Å². The fourth-order valence-corrected chi connectivity index (χ4v) is 1.22. The Morgan fingerprint density at radius 1 is 1.50 bits per heavy atom. The van der Waals surface area contributed by atoms with Gasteiger partial charge >= 0.3 is 0 Å². The Hall–Kier alpha value is -1.47.